The Morgan fingerprint density at radius 2 is 2.23 bits per heavy atom. The molecule has 6 nitrogen and oxygen atoms in total. The SMILES string of the molecule is CCc1nnsc1C(=O)NCc1ccnc(N2CCCC2)c1. The Morgan fingerprint density at radius 1 is 1.41 bits per heavy atom. The number of hydrogen-bond acceptors (Lipinski definition) is 6. The molecule has 2 aromatic rings. The van der Waals surface area contributed by atoms with Gasteiger partial charge in [0.15, 0.2) is 0 Å². The van der Waals surface area contributed by atoms with E-state index in [1.165, 1.54) is 12.8 Å². The Balaban J connectivity index is 1.64. The molecule has 2 aromatic heterocycles. The third kappa shape index (κ3) is 3.24. The van der Waals surface area contributed by atoms with E-state index in [1.54, 1.807) is 6.20 Å². The molecule has 22 heavy (non-hydrogen) atoms. The zero-order chi connectivity index (χ0) is 15.4. The van der Waals surface area contributed by atoms with Crippen LogP contribution in [0.4, 0.5) is 5.82 Å². The van der Waals surface area contributed by atoms with Crippen LogP contribution in [0, 0.1) is 0 Å². The van der Waals surface area contributed by atoms with Crippen molar-refractivity contribution in [1.29, 1.82) is 0 Å². The highest BCUT2D eigenvalue weighted by molar-refractivity contribution is 7.08. The number of aryl methyl sites for hydroxylation is 1. The van der Waals surface area contributed by atoms with Gasteiger partial charge in [-0.25, -0.2) is 4.98 Å². The second-order valence-electron chi connectivity index (χ2n) is 5.30. The summed E-state index contributed by atoms with van der Waals surface area (Å²) in [5, 5.41) is 6.91. The van der Waals surface area contributed by atoms with Gasteiger partial charge in [0, 0.05) is 25.8 Å². The van der Waals surface area contributed by atoms with Gasteiger partial charge in [0.1, 0.15) is 10.7 Å². The molecule has 3 rings (SSSR count). The quantitative estimate of drug-likeness (QED) is 0.913. The lowest BCUT2D eigenvalue weighted by atomic mass is 10.2. The number of aromatic nitrogens is 3. The van der Waals surface area contributed by atoms with Crippen molar-refractivity contribution in [1.82, 2.24) is 19.9 Å². The van der Waals surface area contributed by atoms with Crippen LogP contribution < -0.4 is 10.2 Å². The van der Waals surface area contributed by atoms with Crippen LogP contribution in [-0.2, 0) is 13.0 Å². The molecule has 1 aliphatic rings. The standard InChI is InChI=1S/C15H19N5OS/c1-2-12-14(22-19-18-12)15(21)17-10-11-5-6-16-13(9-11)20-7-3-4-8-20/h5-6,9H,2-4,7-8,10H2,1H3,(H,17,21). The zero-order valence-electron chi connectivity index (χ0n) is 12.6. The molecule has 0 radical (unpaired) electrons. The first-order chi connectivity index (χ1) is 10.8. The van der Waals surface area contributed by atoms with E-state index >= 15 is 0 Å². The number of nitrogens with one attached hydrogen (secondary N) is 1. The van der Waals surface area contributed by atoms with Crippen LogP contribution in [0.1, 0.15) is 40.7 Å². The maximum Gasteiger partial charge on any atom is 0.265 e. The van der Waals surface area contributed by atoms with Crippen LogP contribution in [-0.4, -0.2) is 33.6 Å². The van der Waals surface area contributed by atoms with Crippen LogP contribution >= 0.6 is 11.5 Å². The average Bonchev–Trinajstić information content (AvgIpc) is 3.23. The third-order valence-corrected chi connectivity index (χ3v) is 4.56. The van der Waals surface area contributed by atoms with Gasteiger partial charge in [0.25, 0.3) is 5.91 Å². The summed E-state index contributed by atoms with van der Waals surface area (Å²) < 4.78 is 3.85. The summed E-state index contributed by atoms with van der Waals surface area (Å²) in [5.74, 6) is 0.893. The maximum atomic E-state index is 12.2. The zero-order valence-corrected chi connectivity index (χ0v) is 13.4. The molecular formula is C15H19N5OS. The first kappa shape index (κ1) is 14.9. The Morgan fingerprint density at radius 3 is 3.00 bits per heavy atom. The van der Waals surface area contributed by atoms with Gasteiger partial charge in [0.05, 0.1) is 5.69 Å². The van der Waals surface area contributed by atoms with Gasteiger partial charge in [-0.05, 0) is 48.5 Å². The van der Waals surface area contributed by atoms with E-state index in [9.17, 15) is 4.79 Å². The number of anilines is 1. The fourth-order valence-electron chi connectivity index (χ4n) is 2.56. The van der Waals surface area contributed by atoms with Crippen molar-refractivity contribution in [2.75, 3.05) is 18.0 Å². The summed E-state index contributed by atoms with van der Waals surface area (Å²) in [6.07, 6.45) is 4.97. The second kappa shape index (κ2) is 6.83. The molecule has 0 aromatic carbocycles. The smallest absolute Gasteiger partial charge is 0.265 e. The molecule has 1 saturated heterocycles. The molecule has 3 heterocycles. The summed E-state index contributed by atoms with van der Waals surface area (Å²) >= 11 is 1.15. The molecule has 0 aliphatic carbocycles. The minimum absolute atomic E-state index is 0.105. The average molecular weight is 317 g/mol. The second-order valence-corrected chi connectivity index (χ2v) is 6.06. The first-order valence-corrected chi connectivity index (χ1v) is 8.34. The highest BCUT2D eigenvalue weighted by atomic mass is 32.1. The highest BCUT2D eigenvalue weighted by Crippen LogP contribution is 2.18. The van der Waals surface area contributed by atoms with E-state index in [2.05, 4.69) is 30.9 Å². The summed E-state index contributed by atoms with van der Waals surface area (Å²) in [6.45, 7) is 4.59. The number of amides is 1. The van der Waals surface area contributed by atoms with Gasteiger partial charge in [-0.2, -0.15) is 0 Å². The summed E-state index contributed by atoms with van der Waals surface area (Å²) in [6, 6.07) is 3.99. The number of carbonyl (C=O) groups excluding carboxylic acids is 1. The minimum Gasteiger partial charge on any atom is -0.357 e. The Kier molecular flexibility index (Phi) is 4.62. The summed E-state index contributed by atoms with van der Waals surface area (Å²) in [5.41, 5.74) is 1.82. The molecule has 7 heteroatoms. The fraction of sp³-hybridized carbons (Fsp3) is 0.467. The van der Waals surface area contributed by atoms with Gasteiger partial charge in [-0.1, -0.05) is 11.4 Å². The van der Waals surface area contributed by atoms with Gasteiger partial charge in [0.2, 0.25) is 0 Å². The third-order valence-electron chi connectivity index (χ3n) is 3.79. The Hall–Kier alpha value is -2.02. The number of hydrogen-bond donors (Lipinski definition) is 1. The van der Waals surface area contributed by atoms with E-state index in [0.717, 1.165) is 41.7 Å². The van der Waals surface area contributed by atoms with E-state index in [4.69, 9.17) is 0 Å². The molecule has 0 atom stereocenters. The first-order valence-electron chi connectivity index (χ1n) is 7.57. The normalized spacial score (nSPS) is 14.3. The van der Waals surface area contributed by atoms with E-state index in [1.807, 2.05) is 13.0 Å². The molecule has 1 N–H and O–H groups in total. The maximum absolute atomic E-state index is 12.2. The minimum atomic E-state index is -0.105. The molecule has 0 saturated carbocycles. The van der Waals surface area contributed by atoms with E-state index < -0.39 is 0 Å². The van der Waals surface area contributed by atoms with Gasteiger partial charge < -0.3 is 10.2 Å². The lowest BCUT2D eigenvalue weighted by molar-refractivity contribution is 0.0954. The van der Waals surface area contributed by atoms with Crippen molar-refractivity contribution in [2.45, 2.75) is 32.7 Å². The van der Waals surface area contributed by atoms with Crippen molar-refractivity contribution in [3.8, 4) is 0 Å². The molecule has 0 bridgehead atoms. The lowest BCUT2D eigenvalue weighted by Gasteiger charge is -2.16. The predicted octanol–water partition coefficient (Wildman–Crippen LogP) is 2.03. The summed E-state index contributed by atoms with van der Waals surface area (Å²) in [7, 11) is 0. The van der Waals surface area contributed by atoms with Crippen LogP contribution in [0.2, 0.25) is 0 Å². The Labute approximate surface area is 133 Å². The molecule has 0 spiro atoms. The molecule has 1 aliphatic heterocycles. The predicted molar refractivity (Wildman–Crippen MR) is 86.1 cm³/mol. The Bertz CT molecular complexity index is 651. The van der Waals surface area contributed by atoms with Crippen LogP contribution in [0.3, 0.4) is 0 Å². The fourth-order valence-corrected chi connectivity index (χ4v) is 3.23. The molecular weight excluding hydrogens is 298 g/mol. The van der Waals surface area contributed by atoms with Crippen molar-refractivity contribution in [3.63, 3.8) is 0 Å². The molecule has 1 fully saturated rings. The van der Waals surface area contributed by atoms with Gasteiger partial charge in [-0.3, -0.25) is 4.79 Å². The highest BCUT2D eigenvalue weighted by Gasteiger charge is 2.16. The number of carbonyl (C=O) groups is 1. The molecule has 116 valence electrons. The van der Waals surface area contributed by atoms with Crippen LogP contribution in [0.5, 0.6) is 0 Å². The summed E-state index contributed by atoms with van der Waals surface area (Å²) in [4.78, 5) is 19.5. The van der Waals surface area contributed by atoms with Crippen LogP contribution in [0.25, 0.3) is 0 Å². The van der Waals surface area contributed by atoms with Crippen LogP contribution in [0.15, 0.2) is 18.3 Å². The van der Waals surface area contributed by atoms with E-state index in [-0.39, 0.29) is 5.91 Å². The number of nitrogens with zero attached hydrogens (tertiary/aromatic N) is 4. The van der Waals surface area contributed by atoms with E-state index in [0.29, 0.717) is 17.8 Å². The molecule has 0 unspecified atom stereocenters. The van der Waals surface area contributed by atoms with Crippen molar-refractivity contribution >= 4 is 23.3 Å². The largest absolute Gasteiger partial charge is 0.357 e. The number of pyridine rings is 1. The van der Waals surface area contributed by atoms with Crippen molar-refractivity contribution < 1.29 is 4.79 Å². The topological polar surface area (TPSA) is 71.0 Å². The lowest BCUT2D eigenvalue weighted by Crippen LogP contribution is -2.23. The molecule has 1 amide bonds. The van der Waals surface area contributed by atoms with Gasteiger partial charge >= 0.3 is 0 Å². The van der Waals surface area contributed by atoms with Gasteiger partial charge in [-0.15, -0.1) is 5.10 Å². The monoisotopic (exact) mass is 317 g/mol. The number of rotatable bonds is 5. The van der Waals surface area contributed by atoms with Crippen molar-refractivity contribution in [3.05, 3.63) is 34.5 Å². The van der Waals surface area contributed by atoms with Crippen molar-refractivity contribution in [2.24, 2.45) is 0 Å².